The lowest BCUT2D eigenvalue weighted by atomic mass is 10.1. The zero-order chi connectivity index (χ0) is 9.42. The van der Waals surface area contributed by atoms with Crippen LogP contribution in [0.5, 0.6) is 0 Å². The first-order valence-corrected chi connectivity index (χ1v) is 4.32. The Bertz CT molecular complexity index is 384. The number of nitrogens with two attached hydrogens (primary N) is 1. The fourth-order valence-corrected chi connectivity index (χ4v) is 1.54. The normalized spacial score (nSPS) is 20.5. The van der Waals surface area contributed by atoms with Crippen molar-refractivity contribution in [1.82, 2.24) is 9.97 Å². The molecule has 0 bridgehead atoms. The van der Waals surface area contributed by atoms with E-state index in [1.165, 1.54) is 0 Å². The van der Waals surface area contributed by atoms with Gasteiger partial charge in [0, 0.05) is 6.04 Å². The van der Waals surface area contributed by atoms with Gasteiger partial charge in [0.15, 0.2) is 0 Å². The van der Waals surface area contributed by atoms with Gasteiger partial charge in [-0.1, -0.05) is 0 Å². The van der Waals surface area contributed by atoms with Crippen molar-refractivity contribution in [1.29, 1.82) is 0 Å². The van der Waals surface area contributed by atoms with E-state index in [4.69, 9.17) is 5.73 Å². The lowest BCUT2D eigenvalue weighted by molar-refractivity contribution is 0.663. The van der Waals surface area contributed by atoms with Crippen molar-refractivity contribution in [3.8, 4) is 0 Å². The Morgan fingerprint density at radius 2 is 2.38 bits per heavy atom. The van der Waals surface area contributed by atoms with Crippen LogP contribution in [0, 0.1) is 0 Å². The number of hydrogen-bond donors (Lipinski definition) is 3. The first kappa shape index (κ1) is 8.10. The number of nitrogens with one attached hydrogen (secondary N) is 2. The number of aryl methyl sites for hydroxylation is 1. The molecule has 0 amide bonds. The van der Waals surface area contributed by atoms with E-state index in [0.717, 1.165) is 18.5 Å². The Morgan fingerprint density at radius 3 is 3.15 bits per heavy atom. The van der Waals surface area contributed by atoms with Gasteiger partial charge in [-0.15, -0.1) is 0 Å². The van der Waals surface area contributed by atoms with Crippen LogP contribution in [0.3, 0.4) is 0 Å². The average molecular weight is 180 g/mol. The molecular weight excluding hydrogens is 168 g/mol. The van der Waals surface area contributed by atoms with E-state index in [9.17, 15) is 4.79 Å². The summed E-state index contributed by atoms with van der Waals surface area (Å²) in [6.07, 6.45) is 1.81. The molecule has 0 spiro atoms. The van der Waals surface area contributed by atoms with Gasteiger partial charge in [0.05, 0.1) is 5.69 Å². The Morgan fingerprint density at radius 1 is 1.62 bits per heavy atom. The number of aromatic amines is 1. The lowest BCUT2D eigenvalue weighted by Crippen LogP contribution is -2.29. The molecule has 0 saturated carbocycles. The topological polar surface area (TPSA) is 83.8 Å². The van der Waals surface area contributed by atoms with Gasteiger partial charge >= 0.3 is 0 Å². The van der Waals surface area contributed by atoms with Crippen molar-refractivity contribution < 1.29 is 0 Å². The Hall–Kier alpha value is -1.52. The minimum Gasteiger partial charge on any atom is -0.377 e. The third-order valence-corrected chi connectivity index (χ3v) is 2.22. The summed E-state index contributed by atoms with van der Waals surface area (Å²) < 4.78 is 0. The standard InChI is InChI=1S/C8H12N4O/c1-4-2-3-5-6(10-4)7(13)12-8(9)11-5/h4,10H,2-3H2,1H3,(H3,9,11,12,13)/t4-/m1/s1. The van der Waals surface area contributed by atoms with Crippen LogP contribution in [-0.2, 0) is 6.42 Å². The summed E-state index contributed by atoms with van der Waals surface area (Å²) in [5, 5.41) is 3.09. The summed E-state index contributed by atoms with van der Waals surface area (Å²) in [6, 6.07) is 0.332. The SMILES string of the molecule is C[C@@H]1CCc2nc(N)[nH]c(=O)c2N1. The van der Waals surface area contributed by atoms with Crippen molar-refractivity contribution in [3.05, 3.63) is 16.0 Å². The number of rotatable bonds is 0. The summed E-state index contributed by atoms with van der Waals surface area (Å²) in [7, 11) is 0. The van der Waals surface area contributed by atoms with Crippen molar-refractivity contribution in [3.63, 3.8) is 0 Å². The molecule has 70 valence electrons. The number of H-pyrrole nitrogens is 1. The number of nitrogen functional groups attached to an aromatic ring is 1. The minimum atomic E-state index is -0.172. The summed E-state index contributed by atoms with van der Waals surface area (Å²) in [6.45, 7) is 2.04. The second-order valence-electron chi connectivity index (χ2n) is 3.36. The molecule has 2 heterocycles. The maximum absolute atomic E-state index is 11.4. The Balaban J connectivity index is 2.53. The highest BCUT2D eigenvalue weighted by atomic mass is 16.1. The monoisotopic (exact) mass is 180 g/mol. The van der Waals surface area contributed by atoms with E-state index in [1.807, 2.05) is 6.92 Å². The van der Waals surface area contributed by atoms with Crippen LogP contribution in [0.15, 0.2) is 4.79 Å². The van der Waals surface area contributed by atoms with Crippen molar-refractivity contribution in [2.75, 3.05) is 11.1 Å². The van der Waals surface area contributed by atoms with E-state index in [2.05, 4.69) is 15.3 Å². The number of fused-ring (bicyclic) bond motifs is 1. The molecule has 1 aromatic heterocycles. The van der Waals surface area contributed by atoms with Crippen molar-refractivity contribution in [2.24, 2.45) is 0 Å². The van der Waals surface area contributed by atoms with Gasteiger partial charge < -0.3 is 11.1 Å². The Labute approximate surface area is 75.4 Å². The van der Waals surface area contributed by atoms with E-state index < -0.39 is 0 Å². The highest BCUT2D eigenvalue weighted by Gasteiger charge is 2.18. The molecule has 0 radical (unpaired) electrons. The average Bonchev–Trinajstić information content (AvgIpc) is 2.06. The first-order chi connectivity index (χ1) is 6.16. The molecular formula is C8H12N4O. The van der Waals surface area contributed by atoms with Crippen molar-refractivity contribution >= 4 is 11.6 Å². The predicted molar refractivity (Wildman–Crippen MR) is 50.7 cm³/mol. The smallest absolute Gasteiger partial charge is 0.275 e. The highest BCUT2D eigenvalue weighted by molar-refractivity contribution is 5.50. The molecule has 1 aliphatic heterocycles. The molecule has 5 heteroatoms. The van der Waals surface area contributed by atoms with E-state index in [1.54, 1.807) is 0 Å². The first-order valence-electron chi connectivity index (χ1n) is 4.32. The largest absolute Gasteiger partial charge is 0.377 e. The molecule has 4 N–H and O–H groups in total. The van der Waals surface area contributed by atoms with E-state index in [0.29, 0.717) is 11.7 Å². The molecule has 0 aromatic carbocycles. The van der Waals surface area contributed by atoms with Gasteiger partial charge in [0.1, 0.15) is 5.69 Å². The predicted octanol–water partition coefficient (Wildman–Crippen LogP) is 0.0987. The third kappa shape index (κ3) is 1.37. The van der Waals surface area contributed by atoms with Gasteiger partial charge in [0.2, 0.25) is 5.95 Å². The molecule has 0 saturated heterocycles. The molecule has 1 atom stereocenters. The summed E-state index contributed by atoms with van der Waals surface area (Å²) >= 11 is 0. The maximum atomic E-state index is 11.4. The molecule has 0 unspecified atom stereocenters. The molecule has 13 heavy (non-hydrogen) atoms. The number of aromatic nitrogens is 2. The van der Waals surface area contributed by atoms with Crippen LogP contribution in [-0.4, -0.2) is 16.0 Å². The summed E-state index contributed by atoms with van der Waals surface area (Å²) in [4.78, 5) is 17.9. The van der Waals surface area contributed by atoms with Crippen LogP contribution in [0.2, 0.25) is 0 Å². The van der Waals surface area contributed by atoms with Crippen LogP contribution in [0.4, 0.5) is 11.6 Å². The summed E-state index contributed by atoms with van der Waals surface area (Å²) in [5.41, 5.74) is 6.60. The number of nitrogens with zero attached hydrogens (tertiary/aromatic N) is 1. The lowest BCUT2D eigenvalue weighted by Gasteiger charge is -2.22. The number of anilines is 2. The van der Waals surface area contributed by atoms with E-state index in [-0.39, 0.29) is 11.5 Å². The zero-order valence-electron chi connectivity index (χ0n) is 7.42. The van der Waals surface area contributed by atoms with Gasteiger partial charge in [-0.3, -0.25) is 9.78 Å². The Kier molecular flexibility index (Phi) is 1.72. The van der Waals surface area contributed by atoms with Crippen LogP contribution in [0.25, 0.3) is 0 Å². The fraction of sp³-hybridized carbons (Fsp3) is 0.500. The summed E-state index contributed by atoms with van der Waals surface area (Å²) in [5.74, 6) is 0.195. The van der Waals surface area contributed by atoms with Crippen LogP contribution >= 0.6 is 0 Å². The van der Waals surface area contributed by atoms with Gasteiger partial charge in [-0.2, -0.15) is 0 Å². The second-order valence-corrected chi connectivity index (χ2v) is 3.36. The molecule has 0 fully saturated rings. The van der Waals surface area contributed by atoms with Gasteiger partial charge in [-0.05, 0) is 19.8 Å². The molecule has 1 aromatic rings. The van der Waals surface area contributed by atoms with Crippen LogP contribution < -0.4 is 16.6 Å². The maximum Gasteiger partial charge on any atom is 0.275 e. The van der Waals surface area contributed by atoms with E-state index >= 15 is 0 Å². The molecule has 0 aliphatic carbocycles. The fourth-order valence-electron chi connectivity index (χ4n) is 1.54. The molecule has 2 rings (SSSR count). The van der Waals surface area contributed by atoms with Gasteiger partial charge in [-0.25, -0.2) is 4.98 Å². The van der Waals surface area contributed by atoms with Crippen molar-refractivity contribution in [2.45, 2.75) is 25.8 Å². The second kappa shape index (κ2) is 2.76. The van der Waals surface area contributed by atoms with Crippen LogP contribution in [0.1, 0.15) is 19.0 Å². The molecule has 5 nitrogen and oxygen atoms in total. The third-order valence-electron chi connectivity index (χ3n) is 2.22. The molecule has 1 aliphatic rings. The number of hydrogen-bond acceptors (Lipinski definition) is 4. The van der Waals surface area contributed by atoms with Gasteiger partial charge in [0.25, 0.3) is 5.56 Å². The zero-order valence-corrected chi connectivity index (χ0v) is 7.42. The quantitative estimate of drug-likeness (QED) is 0.528. The minimum absolute atomic E-state index is 0.172. The highest BCUT2D eigenvalue weighted by Crippen LogP contribution is 2.18.